The summed E-state index contributed by atoms with van der Waals surface area (Å²) in [6.45, 7) is 5.90. The maximum atomic E-state index is 13.5. The van der Waals surface area contributed by atoms with E-state index in [1.54, 1.807) is 4.68 Å². The number of para-hydroxylation sites is 1. The summed E-state index contributed by atoms with van der Waals surface area (Å²) < 4.78 is 7.49. The van der Waals surface area contributed by atoms with Crippen LogP contribution >= 0.6 is 0 Å². The number of nitrogens with zero attached hydrogens (tertiary/aromatic N) is 4. The number of rotatable bonds is 5. The van der Waals surface area contributed by atoms with Gasteiger partial charge in [-0.05, 0) is 36.8 Å². The highest BCUT2D eigenvalue weighted by Crippen LogP contribution is 2.25. The molecule has 1 aliphatic rings. The summed E-state index contributed by atoms with van der Waals surface area (Å²) in [6, 6.07) is 25.9. The van der Waals surface area contributed by atoms with Crippen molar-refractivity contribution in [3.05, 3.63) is 95.9 Å². The molecule has 0 bridgehead atoms. The van der Waals surface area contributed by atoms with E-state index in [9.17, 15) is 4.79 Å². The number of carbonyl (C=O) groups excluding carboxylic acids is 1. The molecule has 162 valence electrons. The minimum Gasteiger partial charge on any atom is -0.460 e. The van der Waals surface area contributed by atoms with Crippen LogP contribution in [-0.2, 0) is 6.54 Å². The molecule has 1 aliphatic heterocycles. The fourth-order valence-corrected chi connectivity index (χ4v) is 4.10. The van der Waals surface area contributed by atoms with Crippen molar-refractivity contribution in [1.29, 1.82) is 0 Å². The summed E-state index contributed by atoms with van der Waals surface area (Å²) in [4.78, 5) is 17.8. The Labute approximate surface area is 187 Å². The molecule has 0 unspecified atom stereocenters. The fourth-order valence-electron chi connectivity index (χ4n) is 4.10. The number of furan rings is 1. The molecule has 1 amide bonds. The molecular weight excluding hydrogens is 400 g/mol. The lowest BCUT2D eigenvalue weighted by Crippen LogP contribution is -2.48. The van der Waals surface area contributed by atoms with Gasteiger partial charge in [-0.15, -0.1) is 0 Å². The summed E-state index contributed by atoms with van der Waals surface area (Å²) in [6.07, 6.45) is 0. The van der Waals surface area contributed by atoms with Crippen LogP contribution in [0.2, 0.25) is 0 Å². The lowest BCUT2D eigenvalue weighted by atomic mass is 10.2. The maximum Gasteiger partial charge on any atom is 0.272 e. The van der Waals surface area contributed by atoms with Crippen molar-refractivity contribution in [2.45, 2.75) is 13.5 Å². The summed E-state index contributed by atoms with van der Waals surface area (Å²) in [5.41, 5.74) is 3.37. The fraction of sp³-hybridized carbons (Fsp3) is 0.231. The second-order valence-corrected chi connectivity index (χ2v) is 8.13. The topological polar surface area (TPSA) is 54.5 Å². The van der Waals surface area contributed by atoms with Gasteiger partial charge in [-0.25, -0.2) is 4.68 Å². The molecule has 2 aromatic carbocycles. The van der Waals surface area contributed by atoms with Crippen molar-refractivity contribution in [3.8, 4) is 17.1 Å². The molecule has 2 aromatic heterocycles. The molecule has 0 aliphatic carbocycles. The van der Waals surface area contributed by atoms with Gasteiger partial charge in [0.05, 0.1) is 5.69 Å². The summed E-state index contributed by atoms with van der Waals surface area (Å²) in [7, 11) is 0. The predicted molar refractivity (Wildman–Crippen MR) is 124 cm³/mol. The maximum absolute atomic E-state index is 13.5. The van der Waals surface area contributed by atoms with E-state index in [1.165, 1.54) is 5.56 Å². The Morgan fingerprint density at radius 3 is 2.25 bits per heavy atom. The van der Waals surface area contributed by atoms with Crippen LogP contribution in [0.1, 0.15) is 21.8 Å². The monoisotopic (exact) mass is 426 g/mol. The molecule has 0 radical (unpaired) electrons. The van der Waals surface area contributed by atoms with Crippen LogP contribution in [0.4, 0.5) is 0 Å². The van der Waals surface area contributed by atoms with Crippen LogP contribution in [0, 0.1) is 6.92 Å². The molecule has 6 nitrogen and oxygen atoms in total. The molecule has 0 saturated carbocycles. The Bertz CT molecular complexity index is 1190. The third kappa shape index (κ3) is 4.22. The Morgan fingerprint density at radius 1 is 0.906 bits per heavy atom. The van der Waals surface area contributed by atoms with Crippen LogP contribution in [0.5, 0.6) is 0 Å². The highest BCUT2D eigenvalue weighted by Gasteiger charge is 2.26. The molecule has 1 fully saturated rings. The first-order valence-corrected chi connectivity index (χ1v) is 11.0. The van der Waals surface area contributed by atoms with Gasteiger partial charge < -0.3 is 9.32 Å². The zero-order valence-corrected chi connectivity index (χ0v) is 18.1. The van der Waals surface area contributed by atoms with E-state index in [0.717, 1.165) is 31.1 Å². The minimum atomic E-state index is -0.00441. The lowest BCUT2D eigenvalue weighted by molar-refractivity contribution is 0.0619. The Hall–Kier alpha value is -3.64. The largest absolute Gasteiger partial charge is 0.460 e. The summed E-state index contributed by atoms with van der Waals surface area (Å²) in [5, 5.41) is 4.72. The van der Waals surface area contributed by atoms with Crippen LogP contribution in [-0.4, -0.2) is 51.7 Å². The van der Waals surface area contributed by atoms with Crippen molar-refractivity contribution in [2.75, 3.05) is 26.2 Å². The van der Waals surface area contributed by atoms with E-state index >= 15 is 0 Å². The summed E-state index contributed by atoms with van der Waals surface area (Å²) in [5.74, 6) is 1.48. The highest BCUT2D eigenvalue weighted by atomic mass is 16.3. The van der Waals surface area contributed by atoms with Gasteiger partial charge in [0.15, 0.2) is 5.76 Å². The summed E-state index contributed by atoms with van der Waals surface area (Å²) >= 11 is 0. The van der Waals surface area contributed by atoms with E-state index in [2.05, 4.69) is 29.2 Å². The van der Waals surface area contributed by atoms with Crippen LogP contribution in [0.15, 0.2) is 83.3 Å². The van der Waals surface area contributed by atoms with Gasteiger partial charge in [0, 0.05) is 38.8 Å². The molecule has 6 heteroatoms. The number of hydrogen-bond donors (Lipinski definition) is 0. The second kappa shape index (κ2) is 8.85. The normalized spacial score (nSPS) is 14.6. The Balaban J connectivity index is 1.36. The van der Waals surface area contributed by atoms with E-state index in [0.29, 0.717) is 30.2 Å². The number of amides is 1. The van der Waals surface area contributed by atoms with Gasteiger partial charge >= 0.3 is 0 Å². The Morgan fingerprint density at radius 2 is 1.59 bits per heavy atom. The highest BCUT2D eigenvalue weighted by molar-refractivity contribution is 5.94. The van der Waals surface area contributed by atoms with Gasteiger partial charge in [0.1, 0.15) is 17.1 Å². The van der Waals surface area contributed by atoms with Crippen LogP contribution < -0.4 is 0 Å². The van der Waals surface area contributed by atoms with Gasteiger partial charge in [-0.1, -0.05) is 48.5 Å². The van der Waals surface area contributed by atoms with E-state index < -0.39 is 0 Å². The molecule has 5 rings (SSSR count). The molecule has 32 heavy (non-hydrogen) atoms. The molecule has 0 atom stereocenters. The second-order valence-electron chi connectivity index (χ2n) is 8.13. The molecular formula is C26H26N4O2. The molecule has 4 aromatic rings. The Kier molecular flexibility index (Phi) is 5.60. The zero-order valence-electron chi connectivity index (χ0n) is 18.1. The van der Waals surface area contributed by atoms with Gasteiger partial charge in [0.2, 0.25) is 0 Å². The number of hydrogen-bond acceptors (Lipinski definition) is 4. The van der Waals surface area contributed by atoms with Crippen LogP contribution in [0.25, 0.3) is 17.1 Å². The molecule has 3 heterocycles. The van der Waals surface area contributed by atoms with Gasteiger partial charge in [-0.2, -0.15) is 5.10 Å². The molecule has 1 saturated heterocycles. The number of carbonyl (C=O) groups is 1. The van der Waals surface area contributed by atoms with Crippen molar-refractivity contribution >= 4 is 5.91 Å². The smallest absolute Gasteiger partial charge is 0.272 e. The standard InChI is InChI=1S/C26H26N4O2/c1-20-12-13-25(32-20)23-18-24(30(27-23)22-10-6-3-7-11-22)26(31)29-16-14-28(15-17-29)19-21-8-4-2-5-9-21/h2-13,18H,14-17,19H2,1H3. The van der Waals surface area contributed by atoms with E-state index in [1.807, 2.05) is 66.4 Å². The van der Waals surface area contributed by atoms with Crippen molar-refractivity contribution in [3.63, 3.8) is 0 Å². The van der Waals surface area contributed by atoms with Gasteiger partial charge in [0.25, 0.3) is 5.91 Å². The predicted octanol–water partition coefficient (Wildman–Crippen LogP) is 4.40. The van der Waals surface area contributed by atoms with E-state index in [4.69, 9.17) is 9.52 Å². The van der Waals surface area contributed by atoms with Crippen molar-refractivity contribution in [2.24, 2.45) is 0 Å². The SMILES string of the molecule is Cc1ccc(-c2cc(C(=O)N3CCN(Cc4ccccc4)CC3)n(-c3ccccc3)n2)o1. The quantitative estimate of drug-likeness (QED) is 0.475. The number of piperazine rings is 1. The minimum absolute atomic E-state index is 0.00441. The van der Waals surface area contributed by atoms with Crippen molar-refractivity contribution < 1.29 is 9.21 Å². The average Bonchev–Trinajstić information content (AvgIpc) is 3.47. The van der Waals surface area contributed by atoms with E-state index in [-0.39, 0.29) is 5.91 Å². The molecule has 0 N–H and O–H groups in total. The van der Waals surface area contributed by atoms with Gasteiger partial charge in [-0.3, -0.25) is 9.69 Å². The van der Waals surface area contributed by atoms with Crippen LogP contribution in [0.3, 0.4) is 0 Å². The average molecular weight is 427 g/mol. The third-order valence-corrected chi connectivity index (χ3v) is 5.83. The lowest BCUT2D eigenvalue weighted by Gasteiger charge is -2.34. The first-order valence-electron chi connectivity index (χ1n) is 11.0. The number of aryl methyl sites for hydroxylation is 1. The third-order valence-electron chi connectivity index (χ3n) is 5.83. The zero-order chi connectivity index (χ0) is 21.9. The number of benzene rings is 2. The first kappa shape index (κ1) is 20.3. The first-order chi connectivity index (χ1) is 15.7. The van der Waals surface area contributed by atoms with Crippen molar-refractivity contribution in [1.82, 2.24) is 19.6 Å². The molecule has 0 spiro atoms. The number of aromatic nitrogens is 2.